The molecule has 0 atom stereocenters. The molecule has 6 nitrogen and oxygen atoms in total. The number of aromatic nitrogens is 2. The molecule has 0 unspecified atom stereocenters. The summed E-state index contributed by atoms with van der Waals surface area (Å²) in [5.41, 5.74) is 2.98. The normalized spacial score (nSPS) is 17.9. The standard InChI is InChI=1S/C22H29N3O3/c1-27-17-9-8-16(20(12-17)28-2)13-25-11-10-18-19(14-25)23-21(24-22(18)26)15-6-4-3-5-7-15/h8-9,12,15H,3-7,10-11,13-14H2,1-2H3,(H,23,24,26). The van der Waals surface area contributed by atoms with E-state index in [2.05, 4.69) is 9.88 Å². The van der Waals surface area contributed by atoms with Gasteiger partial charge in [0.1, 0.15) is 17.3 Å². The van der Waals surface area contributed by atoms with Crippen LogP contribution in [0.4, 0.5) is 0 Å². The maximum absolute atomic E-state index is 12.6. The highest BCUT2D eigenvalue weighted by Crippen LogP contribution is 2.31. The highest BCUT2D eigenvalue weighted by atomic mass is 16.5. The first-order valence-electron chi connectivity index (χ1n) is 10.2. The van der Waals surface area contributed by atoms with Crippen molar-refractivity contribution in [1.29, 1.82) is 0 Å². The van der Waals surface area contributed by atoms with Gasteiger partial charge in [0.25, 0.3) is 5.56 Å². The Hall–Kier alpha value is -2.34. The van der Waals surface area contributed by atoms with Crippen LogP contribution in [-0.2, 0) is 19.5 Å². The van der Waals surface area contributed by atoms with Crippen LogP contribution in [0.1, 0.15) is 60.7 Å². The Bertz CT molecular complexity index is 887. The van der Waals surface area contributed by atoms with Crippen molar-refractivity contribution in [2.45, 2.75) is 57.5 Å². The number of methoxy groups -OCH3 is 2. The molecule has 0 radical (unpaired) electrons. The molecule has 150 valence electrons. The number of hydrogen-bond donors (Lipinski definition) is 1. The summed E-state index contributed by atoms with van der Waals surface area (Å²) in [5, 5.41) is 0. The van der Waals surface area contributed by atoms with E-state index in [0.717, 1.165) is 66.5 Å². The molecule has 1 aliphatic heterocycles. The quantitative estimate of drug-likeness (QED) is 0.857. The van der Waals surface area contributed by atoms with E-state index in [0.29, 0.717) is 12.5 Å². The molecule has 2 aliphatic rings. The molecule has 28 heavy (non-hydrogen) atoms. The average molecular weight is 383 g/mol. The SMILES string of the molecule is COc1ccc(CN2CCc3c(nc(C4CCCCC4)[nH]c3=O)C2)c(OC)c1. The summed E-state index contributed by atoms with van der Waals surface area (Å²) in [4.78, 5) is 22.9. The molecule has 0 bridgehead atoms. The van der Waals surface area contributed by atoms with Gasteiger partial charge in [0.2, 0.25) is 0 Å². The lowest BCUT2D eigenvalue weighted by Gasteiger charge is -2.29. The predicted molar refractivity (Wildman–Crippen MR) is 108 cm³/mol. The molecule has 2 heterocycles. The molecule has 0 amide bonds. The molecular formula is C22H29N3O3. The van der Waals surface area contributed by atoms with Gasteiger partial charge < -0.3 is 14.5 Å². The number of benzene rings is 1. The highest BCUT2D eigenvalue weighted by Gasteiger charge is 2.25. The zero-order valence-corrected chi connectivity index (χ0v) is 16.8. The number of ether oxygens (including phenoxy) is 2. The van der Waals surface area contributed by atoms with E-state index in [1.54, 1.807) is 14.2 Å². The third-order valence-electron chi connectivity index (χ3n) is 6.05. The van der Waals surface area contributed by atoms with Gasteiger partial charge in [0, 0.05) is 42.7 Å². The van der Waals surface area contributed by atoms with Gasteiger partial charge in [0.05, 0.1) is 19.9 Å². The second-order valence-electron chi connectivity index (χ2n) is 7.85. The van der Waals surface area contributed by atoms with Crippen LogP contribution in [0, 0.1) is 0 Å². The van der Waals surface area contributed by atoms with Gasteiger partial charge in [-0.1, -0.05) is 25.3 Å². The first-order valence-corrected chi connectivity index (χ1v) is 10.2. The third-order valence-corrected chi connectivity index (χ3v) is 6.05. The van der Waals surface area contributed by atoms with E-state index in [1.165, 1.54) is 19.3 Å². The number of H-pyrrole nitrogens is 1. The molecular weight excluding hydrogens is 354 g/mol. The van der Waals surface area contributed by atoms with Gasteiger partial charge in [-0.25, -0.2) is 4.98 Å². The fraction of sp³-hybridized carbons (Fsp3) is 0.545. The Labute approximate surface area is 165 Å². The molecule has 4 rings (SSSR count). The summed E-state index contributed by atoms with van der Waals surface area (Å²) in [6.45, 7) is 2.31. The molecule has 1 N–H and O–H groups in total. The molecule has 1 aromatic carbocycles. The van der Waals surface area contributed by atoms with Gasteiger partial charge in [-0.15, -0.1) is 0 Å². The van der Waals surface area contributed by atoms with Crippen LogP contribution in [-0.4, -0.2) is 35.6 Å². The third kappa shape index (κ3) is 3.92. The van der Waals surface area contributed by atoms with Gasteiger partial charge >= 0.3 is 0 Å². The lowest BCUT2D eigenvalue weighted by molar-refractivity contribution is 0.235. The second-order valence-corrected chi connectivity index (χ2v) is 7.85. The lowest BCUT2D eigenvalue weighted by atomic mass is 9.88. The van der Waals surface area contributed by atoms with Gasteiger partial charge in [0.15, 0.2) is 0 Å². The Morgan fingerprint density at radius 1 is 1.18 bits per heavy atom. The zero-order chi connectivity index (χ0) is 19.5. The summed E-state index contributed by atoms with van der Waals surface area (Å²) < 4.78 is 10.8. The summed E-state index contributed by atoms with van der Waals surface area (Å²) in [6.07, 6.45) is 6.76. The van der Waals surface area contributed by atoms with Crippen LogP contribution in [0.25, 0.3) is 0 Å². The van der Waals surface area contributed by atoms with E-state index in [1.807, 2.05) is 18.2 Å². The molecule has 1 fully saturated rings. The van der Waals surface area contributed by atoms with Crippen molar-refractivity contribution in [2.75, 3.05) is 20.8 Å². The monoisotopic (exact) mass is 383 g/mol. The Kier molecular flexibility index (Phi) is 5.67. The van der Waals surface area contributed by atoms with Crippen LogP contribution in [0.5, 0.6) is 11.5 Å². The van der Waals surface area contributed by atoms with E-state index in [4.69, 9.17) is 14.5 Å². The average Bonchev–Trinajstić information content (AvgIpc) is 2.74. The van der Waals surface area contributed by atoms with Crippen molar-refractivity contribution in [3.05, 3.63) is 51.2 Å². The molecule has 1 saturated carbocycles. The van der Waals surface area contributed by atoms with Gasteiger partial charge in [-0.05, 0) is 25.3 Å². The maximum Gasteiger partial charge on any atom is 0.254 e. The second kappa shape index (κ2) is 8.35. The number of aromatic amines is 1. The van der Waals surface area contributed by atoms with Crippen LogP contribution in [0.2, 0.25) is 0 Å². The Morgan fingerprint density at radius 3 is 2.75 bits per heavy atom. The Balaban J connectivity index is 1.54. The molecule has 1 aromatic heterocycles. The topological polar surface area (TPSA) is 67.5 Å². The van der Waals surface area contributed by atoms with Crippen molar-refractivity contribution >= 4 is 0 Å². The maximum atomic E-state index is 12.6. The van der Waals surface area contributed by atoms with Crippen LogP contribution < -0.4 is 15.0 Å². The number of nitrogens with zero attached hydrogens (tertiary/aromatic N) is 2. The summed E-state index contributed by atoms with van der Waals surface area (Å²) in [5.74, 6) is 2.91. The fourth-order valence-electron chi connectivity index (χ4n) is 4.44. The van der Waals surface area contributed by atoms with Crippen molar-refractivity contribution in [2.24, 2.45) is 0 Å². The smallest absolute Gasteiger partial charge is 0.254 e. The van der Waals surface area contributed by atoms with Crippen LogP contribution in [0.15, 0.2) is 23.0 Å². The van der Waals surface area contributed by atoms with Crippen molar-refractivity contribution in [3.63, 3.8) is 0 Å². The van der Waals surface area contributed by atoms with E-state index in [9.17, 15) is 4.79 Å². The minimum absolute atomic E-state index is 0.0623. The van der Waals surface area contributed by atoms with E-state index >= 15 is 0 Å². The number of nitrogens with one attached hydrogen (secondary N) is 1. The highest BCUT2D eigenvalue weighted by molar-refractivity contribution is 5.40. The molecule has 0 spiro atoms. The van der Waals surface area contributed by atoms with Crippen LogP contribution >= 0.6 is 0 Å². The molecule has 2 aromatic rings. The van der Waals surface area contributed by atoms with Crippen LogP contribution in [0.3, 0.4) is 0 Å². The summed E-state index contributed by atoms with van der Waals surface area (Å²) in [6, 6.07) is 5.92. The summed E-state index contributed by atoms with van der Waals surface area (Å²) in [7, 11) is 3.34. The minimum Gasteiger partial charge on any atom is -0.497 e. The van der Waals surface area contributed by atoms with Gasteiger partial charge in [-0.2, -0.15) is 0 Å². The first-order chi connectivity index (χ1) is 13.7. The van der Waals surface area contributed by atoms with Gasteiger partial charge in [-0.3, -0.25) is 9.69 Å². The van der Waals surface area contributed by atoms with Crippen molar-refractivity contribution < 1.29 is 9.47 Å². The number of fused-ring (bicyclic) bond motifs is 1. The van der Waals surface area contributed by atoms with E-state index in [-0.39, 0.29) is 5.56 Å². The number of rotatable bonds is 5. The molecule has 6 heteroatoms. The summed E-state index contributed by atoms with van der Waals surface area (Å²) >= 11 is 0. The lowest BCUT2D eigenvalue weighted by Crippen LogP contribution is -2.35. The predicted octanol–water partition coefficient (Wildman–Crippen LogP) is 3.39. The fourth-order valence-corrected chi connectivity index (χ4v) is 4.44. The minimum atomic E-state index is 0.0623. The molecule has 0 saturated heterocycles. The van der Waals surface area contributed by atoms with Crippen molar-refractivity contribution in [3.8, 4) is 11.5 Å². The number of hydrogen-bond acceptors (Lipinski definition) is 5. The largest absolute Gasteiger partial charge is 0.497 e. The van der Waals surface area contributed by atoms with E-state index < -0.39 is 0 Å². The molecule has 1 aliphatic carbocycles. The Morgan fingerprint density at radius 2 is 2.00 bits per heavy atom. The van der Waals surface area contributed by atoms with Crippen molar-refractivity contribution in [1.82, 2.24) is 14.9 Å². The zero-order valence-electron chi connectivity index (χ0n) is 16.8. The first kappa shape index (κ1) is 19.0.